The second-order valence-electron chi connectivity index (χ2n) is 5.22. The summed E-state index contributed by atoms with van der Waals surface area (Å²) in [4.78, 5) is 11.9. The van der Waals surface area contributed by atoms with E-state index in [0.29, 0.717) is 18.9 Å². The fourth-order valence-corrected chi connectivity index (χ4v) is 2.68. The number of carbonyl (C=O) groups excluding carboxylic acids is 1. The van der Waals surface area contributed by atoms with Crippen LogP contribution in [0.2, 0.25) is 0 Å². The van der Waals surface area contributed by atoms with Crippen molar-refractivity contribution in [1.29, 1.82) is 0 Å². The number of halogens is 1. The molecule has 1 aromatic carbocycles. The zero-order chi connectivity index (χ0) is 13.8. The van der Waals surface area contributed by atoms with E-state index in [4.69, 9.17) is 0 Å². The molecule has 2 unspecified atom stereocenters. The van der Waals surface area contributed by atoms with Gasteiger partial charge in [-0.2, -0.15) is 0 Å². The van der Waals surface area contributed by atoms with Crippen LogP contribution in [-0.4, -0.2) is 19.5 Å². The first-order valence-electron chi connectivity index (χ1n) is 6.84. The predicted octanol–water partition coefficient (Wildman–Crippen LogP) is 2.17. The molecule has 1 amide bonds. The predicted molar refractivity (Wildman–Crippen MR) is 73.3 cm³/mol. The highest BCUT2D eigenvalue weighted by atomic mass is 19.1. The summed E-state index contributed by atoms with van der Waals surface area (Å²) in [7, 11) is 1.82. The van der Waals surface area contributed by atoms with Crippen molar-refractivity contribution in [3.63, 3.8) is 0 Å². The van der Waals surface area contributed by atoms with Crippen molar-refractivity contribution in [2.45, 2.75) is 32.2 Å². The van der Waals surface area contributed by atoms with Crippen molar-refractivity contribution in [3.8, 4) is 0 Å². The molecule has 0 saturated carbocycles. The van der Waals surface area contributed by atoms with Gasteiger partial charge in [0, 0.05) is 13.0 Å². The van der Waals surface area contributed by atoms with Crippen LogP contribution in [0.4, 0.5) is 4.39 Å². The Morgan fingerprint density at radius 1 is 1.47 bits per heavy atom. The molecule has 2 atom stereocenters. The quantitative estimate of drug-likeness (QED) is 0.875. The molecule has 0 saturated heterocycles. The molecule has 4 heteroatoms. The molecule has 0 aliphatic heterocycles. The normalized spacial score (nSPS) is 21.8. The van der Waals surface area contributed by atoms with Crippen molar-refractivity contribution < 1.29 is 9.18 Å². The molecule has 0 spiro atoms. The Morgan fingerprint density at radius 3 is 3.00 bits per heavy atom. The molecule has 1 aliphatic rings. The Balaban J connectivity index is 2.16. The lowest BCUT2D eigenvalue weighted by Gasteiger charge is -2.32. The average molecular weight is 264 g/mol. The van der Waals surface area contributed by atoms with Gasteiger partial charge in [-0.15, -0.1) is 0 Å². The first-order chi connectivity index (χ1) is 9.13. The molecule has 19 heavy (non-hydrogen) atoms. The van der Waals surface area contributed by atoms with E-state index >= 15 is 0 Å². The lowest BCUT2D eigenvalue weighted by Crippen LogP contribution is -2.36. The van der Waals surface area contributed by atoms with Crippen LogP contribution in [0.15, 0.2) is 18.2 Å². The van der Waals surface area contributed by atoms with Crippen LogP contribution in [0.1, 0.15) is 36.9 Å². The fraction of sp³-hybridized carbons (Fsp3) is 0.533. The topological polar surface area (TPSA) is 41.1 Å². The van der Waals surface area contributed by atoms with Gasteiger partial charge < -0.3 is 10.6 Å². The van der Waals surface area contributed by atoms with E-state index < -0.39 is 0 Å². The van der Waals surface area contributed by atoms with Gasteiger partial charge in [-0.3, -0.25) is 4.79 Å². The lowest BCUT2D eigenvalue weighted by atomic mass is 9.80. The van der Waals surface area contributed by atoms with Crippen LogP contribution in [-0.2, 0) is 11.2 Å². The maximum atomic E-state index is 13.8. The summed E-state index contributed by atoms with van der Waals surface area (Å²) < 4.78 is 13.8. The van der Waals surface area contributed by atoms with E-state index in [2.05, 4.69) is 17.6 Å². The van der Waals surface area contributed by atoms with E-state index in [1.54, 1.807) is 6.07 Å². The monoisotopic (exact) mass is 264 g/mol. The second-order valence-corrected chi connectivity index (χ2v) is 5.22. The van der Waals surface area contributed by atoms with E-state index in [-0.39, 0.29) is 17.8 Å². The van der Waals surface area contributed by atoms with Gasteiger partial charge in [0.2, 0.25) is 5.91 Å². The number of fused-ring (bicyclic) bond motifs is 1. The summed E-state index contributed by atoms with van der Waals surface area (Å²) in [6.07, 6.45) is 2.11. The van der Waals surface area contributed by atoms with Crippen molar-refractivity contribution in [2.75, 3.05) is 13.6 Å². The number of hydrogen-bond donors (Lipinski definition) is 2. The van der Waals surface area contributed by atoms with Crippen molar-refractivity contribution in [1.82, 2.24) is 10.6 Å². The average Bonchev–Trinajstić information content (AvgIpc) is 2.40. The van der Waals surface area contributed by atoms with Crippen LogP contribution in [0.3, 0.4) is 0 Å². The molecule has 1 aromatic rings. The lowest BCUT2D eigenvalue weighted by molar-refractivity contribution is -0.122. The van der Waals surface area contributed by atoms with Gasteiger partial charge >= 0.3 is 0 Å². The van der Waals surface area contributed by atoms with Crippen LogP contribution in [0.25, 0.3) is 0 Å². The summed E-state index contributed by atoms with van der Waals surface area (Å²) in [6.45, 7) is 2.76. The van der Waals surface area contributed by atoms with Gasteiger partial charge in [0.15, 0.2) is 0 Å². The van der Waals surface area contributed by atoms with E-state index in [0.717, 1.165) is 24.0 Å². The van der Waals surface area contributed by atoms with Gasteiger partial charge in [0.05, 0.1) is 6.04 Å². The number of amides is 1. The summed E-state index contributed by atoms with van der Waals surface area (Å²) in [6, 6.07) is 5.08. The third-order valence-electron chi connectivity index (χ3n) is 3.83. The smallest absolute Gasteiger partial charge is 0.221 e. The number of benzene rings is 1. The van der Waals surface area contributed by atoms with E-state index in [1.165, 1.54) is 6.07 Å². The SMILES string of the molecule is CNCCC(=O)NC1c2cccc(F)c2CCC1C. The minimum atomic E-state index is -0.154. The number of nitrogens with one attached hydrogen (secondary N) is 2. The largest absolute Gasteiger partial charge is 0.349 e. The Kier molecular flexibility index (Phi) is 4.53. The minimum absolute atomic E-state index is 0.0170. The number of hydrogen-bond acceptors (Lipinski definition) is 2. The highest BCUT2D eigenvalue weighted by Crippen LogP contribution is 2.35. The van der Waals surface area contributed by atoms with Crippen LogP contribution < -0.4 is 10.6 Å². The van der Waals surface area contributed by atoms with Gasteiger partial charge in [-0.1, -0.05) is 19.1 Å². The molecular weight excluding hydrogens is 243 g/mol. The van der Waals surface area contributed by atoms with Crippen LogP contribution >= 0.6 is 0 Å². The molecule has 0 aromatic heterocycles. The summed E-state index contributed by atoms with van der Waals surface area (Å²) in [5.74, 6) is 0.204. The zero-order valence-corrected chi connectivity index (χ0v) is 11.5. The second kappa shape index (κ2) is 6.15. The molecule has 0 bridgehead atoms. The van der Waals surface area contributed by atoms with Crippen molar-refractivity contribution in [3.05, 3.63) is 35.1 Å². The van der Waals surface area contributed by atoms with Gasteiger partial charge in [-0.25, -0.2) is 4.39 Å². The number of carbonyl (C=O) groups is 1. The first kappa shape index (κ1) is 14.0. The highest BCUT2D eigenvalue weighted by molar-refractivity contribution is 5.76. The Bertz CT molecular complexity index is 461. The van der Waals surface area contributed by atoms with Gasteiger partial charge in [0.25, 0.3) is 0 Å². The molecule has 2 N–H and O–H groups in total. The molecule has 0 radical (unpaired) electrons. The summed E-state index contributed by atoms with van der Waals surface area (Å²) in [5.41, 5.74) is 1.70. The Hall–Kier alpha value is -1.42. The Morgan fingerprint density at radius 2 is 2.26 bits per heavy atom. The standard InChI is InChI=1S/C15H21FN2O/c1-10-6-7-11-12(4-3-5-13(11)16)15(10)18-14(19)8-9-17-2/h3-5,10,15,17H,6-9H2,1-2H3,(H,18,19). The van der Waals surface area contributed by atoms with Gasteiger partial charge in [-0.05, 0) is 43.0 Å². The van der Waals surface area contributed by atoms with Crippen molar-refractivity contribution in [2.24, 2.45) is 5.92 Å². The molecule has 3 nitrogen and oxygen atoms in total. The van der Waals surface area contributed by atoms with Crippen LogP contribution in [0, 0.1) is 11.7 Å². The minimum Gasteiger partial charge on any atom is -0.349 e. The molecule has 0 fully saturated rings. The molecule has 2 rings (SSSR count). The van der Waals surface area contributed by atoms with Crippen molar-refractivity contribution >= 4 is 5.91 Å². The molecule has 104 valence electrons. The first-order valence-corrected chi connectivity index (χ1v) is 6.84. The molecule has 1 aliphatic carbocycles. The maximum Gasteiger partial charge on any atom is 0.221 e. The van der Waals surface area contributed by atoms with E-state index in [9.17, 15) is 9.18 Å². The molecular formula is C15H21FN2O. The maximum absolute atomic E-state index is 13.8. The third-order valence-corrected chi connectivity index (χ3v) is 3.83. The summed E-state index contributed by atoms with van der Waals surface area (Å²) in [5, 5.41) is 6.00. The highest BCUT2D eigenvalue weighted by Gasteiger charge is 2.29. The Labute approximate surface area is 113 Å². The van der Waals surface area contributed by atoms with Crippen LogP contribution in [0.5, 0.6) is 0 Å². The van der Waals surface area contributed by atoms with Gasteiger partial charge in [0.1, 0.15) is 5.82 Å². The van der Waals surface area contributed by atoms with E-state index in [1.807, 2.05) is 13.1 Å². The molecule has 0 heterocycles. The summed E-state index contributed by atoms with van der Waals surface area (Å²) >= 11 is 0. The fourth-order valence-electron chi connectivity index (χ4n) is 2.68. The number of rotatable bonds is 4. The zero-order valence-electron chi connectivity index (χ0n) is 11.5. The third kappa shape index (κ3) is 3.13.